The van der Waals surface area contributed by atoms with E-state index in [1.54, 1.807) is 33.8 Å². The summed E-state index contributed by atoms with van der Waals surface area (Å²) in [5.74, 6) is -3.94. The molecule has 30 heavy (non-hydrogen) atoms. The molecule has 0 amide bonds. The van der Waals surface area contributed by atoms with Crippen molar-refractivity contribution in [1.82, 2.24) is 4.90 Å². The lowest BCUT2D eigenvalue weighted by atomic mass is 9.79. The molecule has 168 valence electrons. The van der Waals surface area contributed by atoms with Gasteiger partial charge in [0.1, 0.15) is 12.1 Å². The van der Waals surface area contributed by atoms with E-state index in [-0.39, 0.29) is 36.6 Å². The van der Waals surface area contributed by atoms with E-state index >= 15 is 0 Å². The summed E-state index contributed by atoms with van der Waals surface area (Å²) in [6.45, 7) is 3.89. The molecule has 1 saturated heterocycles. The third-order valence-corrected chi connectivity index (χ3v) is 5.32. The quantitative estimate of drug-likeness (QED) is 0.673. The number of fused-ring (bicyclic) bond motifs is 3. The number of piperidine rings is 1. The van der Waals surface area contributed by atoms with Gasteiger partial charge < -0.3 is 19.9 Å². The maximum atomic E-state index is 13.1. The van der Waals surface area contributed by atoms with Gasteiger partial charge in [-0.15, -0.1) is 0 Å². The van der Waals surface area contributed by atoms with Gasteiger partial charge in [-0.05, 0) is 47.9 Å². The molecule has 0 bridgehead atoms. The van der Waals surface area contributed by atoms with Crippen LogP contribution in [0.1, 0.15) is 67.2 Å². The van der Waals surface area contributed by atoms with Gasteiger partial charge >= 0.3 is 5.97 Å². The number of nitrogens with two attached hydrogens (primary N) is 1. The zero-order valence-corrected chi connectivity index (χ0v) is 18.7. The summed E-state index contributed by atoms with van der Waals surface area (Å²) in [6, 6.07) is -0.774. The Hall–Kier alpha value is -1.79. The SMILES string of the molecule is [2H]C1([2H])N2CCc3cc(OC)c(OC)cc3C2([2H])C([2H])([2H])C([2H])(OC(=O)[C@@H](N)C(C)C)C1([2H])CC(C)C. The van der Waals surface area contributed by atoms with E-state index in [1.165, 1.54) is 20.3 Å². The number of hydrogen-bond acceptors (Lipinski definition) is 6. The molecule has 3 rings (SSSR count). The van der Waals surface area contributed by atoms with Gasteiger partial charge in [-0.3, -0.25) is 9.69 Å². The van der Waals surface area contributed by atoms with Crippen LogP contribution < -0.4 is 15.2 Å². The minimum absolute atomic E-state index is 0.0534. The minimum Gasteiger partial charge on any atom is -0.493 e. The molecule has 0 aromatic heterocycles. The fourth-order valence-electron chi connectivity index (χ4n) is 3.56. The highest BCUT2D eigenvalue weighted by atomic mass is 16.5. The number of rotatable bonds is 7. The fraction of sp³-hybridized carbons (Fsp3) is 0.708. The summed E-state index contributed by atoms with van der Waals surface area (Å²) in [4.78, 5) is 14.1. The lowest BCUT2D eigenvalue weighted by Gasteiger charge is -2.47. The van der Waals surface area contributed by atoms with E-state index < -0.39 is 48.8 Å². The van der Waals surface area contributed by atoms with E-state index in [9.17, 15) is 11.6 Å². The van der Waals surface area contributed by atoms with Crippen molar-refractivity contribution in [3.05, 3.63) is 23.3 Å². The molecule has 2 aliphatic heterocycles. The first kappa shape index (κ1) is 15.1. The Balaban J connectivity index is 2.37. The van der Waals surface area contributed by atoms with Gasteiger partial charge in [0.2, 0.25) is 0 Å². The normalized spacial score (nSPS) is 39.0. The van der Waals surface area contributed by atoms with Crippen LogP contribution in [-0.2, 0) is 16.0 Å². The smallest absolute Gasteiger partial charge is 0.323 e. The number of carbonyl (C=O) groups is 1. The Labute approximate surface area is 190 Å². The van der Waals surface area contributed by atoms with Crippen molar-refractivity contribution in [2.75, 3.05) is 27.3 Å². The predicted molar refractivity (Wildman–Crippen MR) is 118 cm³/mol. The van der Waals surface area contributed by atoms with Crippen LogP contribution in [0, 0.1) is 17.7 Å². The highest BCUT2D eigenvalue weighted by Gasteiger charge is 2.41. The molecule has 6 nitrogen and oxygen atoms in total. The standard InChI is InChI=1S/C24H38N2O4/c1-14(2)9-17-13-26-8-7-16-10-21(28-5)22(29-6)11-18(16)19(26)12-20(17)30-24(27)23(25)15(3)4/h10-11,14-15,17,19-20,23H,7-9,12-13,25H2,1-6H3/t17?,19?,20?,23-/m0/s1/i12D2,13D2,17D,19D,20D. The Bertz CT molecular complexity index is 1060. The second-order valence-corrected chi connectivity index (χ2v) is 8.45. The molecule has 0 radical (unpaired) electrons. The fourth-order valence-corrected chi connectivity index (χ4v) is 3.56. The molecule has 2 heterocycles. The predicted octanol–water partition coefficient (Wildman–Crippen LogP) is 3.56. The topological polar surface area (TPSA) is 74.0 Å². The largest absolute Gasteiger partial charge is 0.493 e. The van der Waals surface area contributed by atoms with Gasteiger partial charge in [0, 0.05) is 38.2 Å². The van der Waals surface area contributed by atoms with Crippen LogP contribution in [0.2, 0.25) is 0 Å². The molecule has 0 spiro atoms. The van der Waals surface area contributed by atoms with E-state index in [0.29, 0.717) is 11.3 Å². The number of esters is 1. The highest BCUT2D eigenvalue weighted by Crippen LogP contribution is 2.44. The maximum absolute atomic E-state index is 13.1. The molecule has 1 aromatic rings. The van der Waals surface area contributed by atoms with Crippen molar-refractivity contribution in [1.29, 1.82) is 0 Å². The second-order valence-electron chi connectivity index (χ2n) is 8.45. The average Bonchev–Trinajstić information content (AvgIpc) is 2.80. The lowest BCUT2D eigenvalue weighted by molar-refractivity contribution is -0.160. The van der Waals surface area contributed by atoms with Crippen molar-refractivity contribution in [2.45, 2.75) is 65.0 Å². The van der Waals surface area contributed by atoms with Gasteiger partial charge in [0.05, 0.1) is 17.0 Å². The number of hydrogen-bond donors (Lipinski definition) is 1. The average molecular weight is 426 g/mol. The van der Waals surface area contributed by atoms with Gasteiger partial charge in [0.25, 0.3) is 0 Å². The van der Waals surface area contributed by atoms with Gasteiger partial charge in [0.15, 0.2) is 11.5 Å². The molecule has 3 unspecified atom stereocenters. The summed E-state index contributed by atoms with van der Waals surface area (Å²) < 4.78 is 81.3. The first-order valence-corrected chi connectivity index (χ1v) is 10.4. The molecule has 0 aliphatic carbocycles. The lowest BCUT2D eigenvalue weighted by Crippen LogP contribution is -2.51. The van der Waals surface area contributed by atoms with E-state index in [1.807, 2.05) is 0 Å². The van der Waals surface area contributed by atoms with Crippen LogP contribution in [-0.4, -0.2) is 50.3 Å². The van der Waals surface area contributed by atoms with Crippen LogP contribution in [0.25, 0.3) is 0 Å². The molecular weight excluding hydrogens is 380 g/mol. The van der Waals surface area contributed by atoms with Crippen LogP contribution in [0.5, 0.6) is 11.5 Å². The van der Waals surface area contributed by atoms with Crippen molar-refractivity contribution in [3.63, 3.8) is 0 Å². The first-order chi connectivity index (χ1) is 16.9. The van der Waals surface area contributed by atoms with Crippen LogP contribution in [0.4, 0.5) is 0 Å². The number of carbonyl (C=O) groups excluding carboxylic acids is 1. The van der Waals surface area contributed by atoms with E-state index in [0.717, 1.165) is 4.90 Å². The Morgan fingerprint density at radius 2 is 1.93 bits per heavy atom. The zero-order chi connectivity index (χ0) is 28.4. The Morgan fingerprint density at radius 3 is 2.53 bits per heavy atom. The highest BCUT2D eigenvalue weighted by molar-refractivity contribution is 5.76. The molecule has 4 atom stereocenters. The van der Waals surface area contributed by atoms with Gasteiger partial charge in [-0.2, -0.15) is 0 Å². The van der Waals surface area contributed by atoms with Crippen molar-refractivity contribution >= 4 is 5.97 Å². The van der Waals surface area contributed by atoms with E-state index in [4.69, 9.17) is 22.7 Å². The molecule has 6 heteroatoms. The molecule has 2 aliphatic rings. The summed E-state index contributed by atoms with van der Waals surface area (Å²) >= 11 is 0. The van der Waals surface area contributed by atoms with Crippen LogP contribution in [0.15, 0.2) is 12.1 Å². The molecule has 2 N–H and O–H groups in total. The van der Waals surface area contributed by atoms with Crippen molar-refractivity contribution in [3.8, 4) is 11.5 Å². The van der Waals surface area contributed by atoms with Crippen LogP contribution in [0.3, 0.4) is 0 Å². The molecular formula is C24H38N2O4. The second kappa shape index (κ2) is 9.56. The summed E-state index contributed by atoms with van der Waals surface area (Å²) in [7, 11) is 2.83. The Kier molecular flexibility index (Phi) is 4.81. The Morgan fingerprint density at radius 1 is 1.27 bits per heavy atom. The summed E-state index contributed by atoms with van der Waals surface area (Å²) in [6.07, 6.45) is -6.30. The number of benzene rings is 1. The van der Waals surface area contributed by atoms with Crippen molar-refractivity contribution < 1.29 is 28.6 Å². The minimum atomic E-state index is -3.14. The molecule has 1 fully saturated rings. The molecule has 0 saturated carbocycles. The zero-order valence-electron chi connectivity index (χ0n) is 25.7. The summed E-state index contributed by atoms with van der Waals surface area (Å²) in [5, 5.41) is 0. The van der Waals surface area contributed by atoms with E-state index in [2.05, 4.69) is 0 Å². The third kappa shape index (κ3) is 4.75. The first-order valence-electron chi connectivity index (χ1n) is 13.9. The summed E-state index contributed by atoms with van der Waals surface area (Å²) in [5.41, 5.74) is 6.54. The number of nitrogens with zero attached hydrogens (tertiary/aromatic N) is 1. The van der Waals surface area contributed by atoms with Gasteiger partial charge in [-0.25, -0.2) is 0 Å². The third-order valence-electron chi connectivity index (χ3n) is 5.32. The monoisotopic (exact) mass is 425 g/mol. The number of methoxy groups -OCH3 is 2. The van der Waals surface area contributed by atoms with Crippen LogP contribution >= 0.6 is 0 Å². The van der Waals surface area contributed by atoms with Gasteiger partial charge in [-0.1, -0.05) is 27.7 Å². The van der Waals surface area contributed by atoms with Crippen molar-refractivity contribution in [2.24, 2.45) is 23.5 Å². The molecule has 1 aromatic carbocycles. The maximum Gasteiger partial charge on any atom is 0.323 e. The number of ether oxygens (including phenoxy) is 3.